The molecule has 0 aliphatic carbocycles. The van der Waals surface area contributed by atoms with Gasteiger partial charge in [-0.15, -0.1) is 0 Å². The fourth-order valence-electron chi connectivity index (χ4n) is 2.06. The van der Waals surface area contributed by atoms with Gasteiger partial charge >= 0.3 is 5.97 Å². The lowest BCUT2D eigenvalue weighted by Crippen LogP contribution is -2.03. The van der Waals surface area contributed by atoms with Crippen LogP contribution in [0, 0.1) is 0 Å². The fourth-order valence-corrected chi connectivity index (χ4v) is 2.06. The SMILES string of the molecule is Cn1c(C(=O)O)cc2cnc3[nH]ccc3c21. The van der Waals surface area contributed by atoms with Gasteiger partial charge in [-0.3, -0.25) is 0 Å². The van der Waals surface area contributed by atoms with Gasteiger partial charge in [0, 0.05) is 30.2 Å². The highest BCUT2D eigenvalue weighted by Gasteiger charge is 2.14. The van der Waals surface area contributed by atoms with E-state index in [1.165, 1.54) is 0 Å². The summed E-state index contributed by atoms with van der Waals surface area (Å²) >= 11 is 0. The van der Waals surface area contributed by atoms with Crippen LogP contribution in [0.1, 0.15) is 10.5 Å². The molecule has 5 nitrogen and oxygen atoms in total. The minimum absolute atomic E-state index is 0.269. The van der Waals surface area contributed by atoms with Crippen molar-refractivity contribution in [3.63, 3.8) is 0 Å². The number of carboxylic acids is 1. The standard InChI is InChI=1S/C11H9N3O2/c1-14-8(11(15)16)4-6-5-13-10-7(9(6)14)2-3-12-10/h2-5H,1H3,(H,12,13)(H,15,16). The summed E-state index contributed by atoms with van der Waals surface area (Å²) in [5.41, 5.74) is 1.93. The zero-order valence-corrected chi connectivity index (χ0v) is 8.56. The van der Waals surface area contributed by atoms with Crippen molar-refractivity contribution < 1.29 is 9.90 Å². The number of aromatic carboxylic acids is 1. The van der Waals surface area contributed by atoms with Gasteiger partial charge in [-0.2, -0.15) is 0 Å². The summed E-state index contributed by atoms with van der Waals surface area (Å²) in [6.45, 7) is 0. The third kappa shape index (κ3) is 0.995. The number of aromatic amines is 1. The van der Waals surface area contributed by atoms with Gasteiger partial charge in [0.25, 0.3) is 0 Å². The number of carbonyl (C=O) groups is 1. The molecule has 3 rings (SSSR count). The van der Waals surface area contributed by atoms with Gasteiger partial charge in [-0.05, 0) is 12.1 Å². The maximum atomic E-state index is 11.0. The van der Waals surface area contributed by atoms with Gasteiger partial charge in [-0.25, -0.2) is 9.78 Å². The zero-order valence-electron chi connectivity index (χ0n) is 8.56. The Morgan fingerprint density at radius 3 is 3.12 bits per heavy atom. The molecule has 0 aliphatic rings. The molecule has 5 heteroatoms. The van der Waals surface area contributed by atoms with E-state index in [1.54, 1.807) is 30.1 Å². The largest absolute Gasteiger partial charge is 0.477 e. The van der Waals surface area contributed by atoms with Crippen LogP contribution in [0.15, 0.2) is 24.5 Å². The van der Waals surface area contributed by atoms with E-state index in [0.29, 0.717) is 0 Å². The minimum Gasteiger partial charge on any atom is -0.477 e. The van der Waals surface area contributed by atoms with E-state index in [0.717, 1.165) is 21.9 Å². The van der Waals surface area contributed by atoms with Gasteiger partial charge in [0.1, 0.15) is 11.3 Å². The van der Waals surface area contributed by atoms with Crippen LogP contribution in [-0.4, -0.2) is 25.6 Å². The van der Waals surface area contributed by atoms with Crippen LogP contribution >= 0.6 is 0 Å². The normalized spacial score (nSPS) is 11.3. The minimum atomic E-state index is -0.928. The smallest absolute Gasteiger partial charge is 0.352 e. The number of nitrogens with zero attached hydrogens (tertiary/aromatic N) is 2. The van der Waals surface area contributed by atoms with Crippen LogP contribution in [0.25, 0.3) is 21.9 Å². The molecule has 2 N–H and O–H groups in total. The number of rotatable bonds is 1. The van der Waals surface area contributed by atoms with E-state index in [9.17, 15) is 4.79 Å². The first-order valence-electron chi connectivity index (χ1n) is 4.83. The van der Waals surface area contributed by atoms with Crippen molar-refractivity contribution >= 4 is 27.9 Å². The number of hydrogen-bond acceptors (Lipinski definition) is 2. The highest BCUT2D eigenvalue weighted by molar-refractivity contribution is 6.06. The second-order valence-electron chi connectivity index (χ2n) is 3.70. The Bertz CT molecular complexity index is 708. The van der Waals surface area contributed by atoms with Gasteiger partial charge < -0.3 is 14.7 Å². The first kappa shape index (κ1) is 8.96. The molecule has 0 aliphatic heterocycles. The summed E-state index contributed by atoms with van der Waals surface area (Å²) in [6, 6.07) is 3.54. The number of aryl methyl sites for hydroxylation is 1. The van der Waals surface area contributed by atoms with Crippen molar-refractivity contribution in [2.75, 3.05) is 0 Å². The summed E-state index contributed by atoms with van der Waals surface area (Å²) in [6.07, 6.45) is 3.48. The number of hydrogen-bond donors (Lipinski definition) is 2. The van der Waals surface area contributed by atoms with Crippen LogP contribution in [0.4, 0.5) is 0 Å². The number of H-pyrrole nitrogens is 1. The van der Waals surface area contributed by atoms with Crippen molar-refractivity contribution in [2.45, 2.75) is 0 Å². The summed E-state index contributed by atoms with van der Waals surface area (Å²) in [5.74, 6) is -0.928. The number of fused-ring (bicyclic) bond motifs is 3. The van der Waals surface area contributed by atoms with Crippen molar-refractivity contribution in [3.8, 4) is 0 Å². The molecule has 3 aromatic heterocycles. The monoisotopic (exact) mass is 215 g/mol. The van der Waals surface area contributed by atoms with E-state index in [4.69, 9.17) is 5.11 Å². The number of carboxylic acid groups (broad SMARTS) is 1. The average molecular weight is 215 g/mol. The predicted molar refractivity (Wildman–Crippen MR) is 59.5 cm³/mol. The molecule has 0 amide bonds. The van der Waals surface area contributed by atoms with Crippen LogP contribution in [0.3, 0.4) is 0 Å². The quantitative estimate of drug-likeness (QED) is 0.649. The topological polar surface area (TPSA) is 70.9 Å². The molecular formula is C11H9N3O2. The molecule has 80 valence electrons. The number of aromatic nitrogens is 3. The van der Waals surface area contributed by atoms with Gasteiger partial charge in [0.2, 0.25) is 0 Å². The molecular weight excluding hydrogens is 206 g/mol. The Labute approximate surface area is 90.3 Å². The summed E-state index contributed by atoms with van der Waals surface area (Å²) in [4.78, 5) is 18.2. The van der Waals surface area contributed by atoms with E-state index < -0.39 is 5.97 Å². The van der Waals surface area contributed by atoms with Crippen LogP contribution < -0.4 is 0 Å². The fraction of sp³-hybridized carbons (Fsp3) is 0.0909. The Kier molecular flexibility index (Phi) is 1.60. The lowest BCUT2D eigenvalue weighted by atomic mass is 10.2. The third-order valence-electron chi connectivity index (χ3n) is 2.79. The Morgan fingerprint density at radius 1 is 1.56 bits per heavy atom. The Hall–Kier alpha value is -2.30. The highest BCUT2D eigenvalue weighted by atomic mass is 16.4. The molecule has 0 atom stereocenters. The molecule has 0 saturated carbocycles. The Balaban J connectivity index is 2.54. The average Bonchev–Trinajstić information content (AvgIpc) is 2.81. The molecule has 0 spiro atoms. The molecule has 16 heavy (non-hydrogen) atoms. The molecule has 0 unspecified atom stereocenters. The van der Waals surface area contributed by atoms with Crippen molar-refractivity contribution in [1.82, 2.24) is 14.5 Å². The molecule has 0 fully saturated rings. The van der Waals surface area contributed by atoms with E-state index in [1.807, 2.05) is 6.07 Å². The van der Waals surface area contributed by atoms with Crippen LogP contribution in [0.5, 0.6) is 0 Å². The van der Waals surface area contributed by atoms with Gasteiger partial charge in [-0.1, -0.05) is 0 Å². The second-order valence-corrected chi connectivity index (χ2v) is 3.70. The zero-order chi connectivity index (χ0) is 11.3. The maximum Gasteiger partial charge on any atom is 0.352 e. The molecule has 3 heterocycles. The van der Waals surface area contributed by atoms with E-state index in [-0.39, 0.29) is 5.69 Å². The highest BCUT2D eigenvalue weighted by Crippen LogP contribution is 2.25. The molecule has 3 aromatic rings. The molecule has 0 saturated heterocycles. The van der Waals surface area contributed by atoms with Crippen molar-refractivity contribution in [3.05, 3.63) is 30.2 Å². The molecule has 0 bridgehead atoms. The number of pyridine rings is 1. The summed E-state index contributed by atoms with van der Waals surface area (Å²) in [7, 11) is 1.75. The van der Waals surface area contributed by atoms with Gasteiger partial charge in [0.05, 0.1) is 5.52 Å². The lowest BCUT2D eigenvalue weighted by Gasteiger charge is -2.00. The molecule has 0 aromatic carbocycles. The first-order valence-corrected chi connectivity index (χ1v) is 4.83. The van der Waals surface area contributed by atoms with Crippen molar-refractivity contribution in [1.29, 1.82) is 0 Å². The van der Waals surface area contributed by atoms with Crippen LogP contribution in [-0.2, 0) is 7.05 Å². The summed E-state index contributed by atoms with van der Waals surface area (Å²) < 4.78 is 1.68. The Morgan fingerprint density at radius 2 is 2.38 bits per heavy atom. The lowest BCUT2D eigenvalue weighted by molar-refractivity contribution is 0.0687. The predicted octanol–water partition coefficient (Wildman–Crippen LogP) is 1.75. The van der Waals surface area contributed by atoms with Crippen molar-refractivity contribution in [2.24, 2.45) is 7.05 Å². The number of nitrogens with one attached hydrogen (secondary N) is 1. The second kappa shape index (κ2) is 2.85. The van der Waals surface area contributed by atoms with E-state index in [2.05, 4.69) is 9.97 Å². The van der Waals surface area contributed by atoms with E-state index >= 15 is 0 Å². The molecule has 0 radical (unpaired) electrons. The summed E-state index contributed by atoms with van der Waals surface area (Å²) in [5, 5.41) is 10.8. The third-order valence-corrected chi connectivity index (χ3v) is 2.79. The maximum absolute atomic E-state index is 11.0. The van der Waals surface area contributed by atoms with Gasteiger partial charge in [0.15, 0.2) is 0 Å². The first-order chi connectivity index (χ1) is 7.68. The van der Waals surface area contributed by atoms with Crippen LogP contribution in [0.2, 0.25) is 0 Å².